The van der Waals surface area contributed by atoms with Gasteiger partial charge in [0.1, 0.15) is 5.82 Å². The molecule has 0 aliphatic rings. The molecule has 0 amide bonds. The first-order valence-electron chi connectivity index (χ1n) is 18.2. The van der Waals surface area contributed by atoms with Crippen LogP contribution >= 0.6 is 0 Å². The van der Waals surface area contributed by atoms with Crippen LogP contribution in [0.2, 0.25) is 0 Å². The fourth-order valence-corrected chi connectivity index (χ4v) is 6.27. The average molecular weight is 545 g/mol. The number of imidazole rings is 1. The van der Waals surface area contributed by atoms with Gasteiger partial charge in [-0.05, 0) is 19.8 Å². The van der Waals surface area contributed by atoms with Crippen LogP contribution in [-0.2, 0) is 0 Å². The predicted octanol–water partition coefficient (Wildman–Crippen LogP) is 13.5. The number of hydrogen-bond acceptors (Lipinski definition) is 1. The van der Waals surface area contributed by atoms with Gasteiger partial charge in [-0.2, -0.15) is 0 Å². The van der Waals surface area contributed by atoms with Gasteiger partial charge < -0.3 is 4.57 Å². The van der Waals surface area contributed by atoms with Crippen LogP contribution in [0.1, 0.15) is 225 Å². The molecular formula is C37H72N2. The van der Waals surface area contributed by atoms with E-state index in [0.29, 0.717) is 12.0 Å². The summed E-state index contributed by atoms with van der Waals surface area (Å²) in [4.78, 5) is 4.79. The highest BCUT2D eigenvalue weighted by Crippen LogP contribution is 2.26. The van der Waals surface area contributed by atoms with E-state index in [-0.39, 0.29) is 0 Å². The molecule has 2 nitrogen and oxygen atoms in total. The highest BCUT2D eigenvalue weighted by Gasteiger charge is 2.15. The molecule has 1 aromatic heterocycles. The first kappa shape index (κ1) is 36.2. The Morgan fingerprint density at radius 3 is 1.21 bits per heavy atom. The quantitative estimate of drug-likeness (QED) is 0.0880. The summed E-state index contributed by atoms with van der Waals surface area (Å²) in [6.07, 6.45) is 44.1. The molecule has 0 aromatic carbocycles. The molecule has 1 rings (SSSR count). The Balaban J connectivity index is 2.00. The van der Waals surface area contributed by atoms with Crippen LogP contribution in [0.15, 0.2) is 12.4 Å². The SMILES string of the molecule is CCCCCCCCCCCCCCCCC(C)c1nccn1C(C)CCCCCCCCCCCCCC. The molecule has 2 unspecified atom stereocenters. The third-order valence-corrected chi connectivity index (χ3v) is 9.08. The molecular weight excluding hydrogens is 472 g/mol. The Bertz CT molecular complexity index is 606. The topological polar surface area (TPSA) is 17.8 Å². The number of aromatic nitrogens is 2. The molecule has 0 radical (unpaired) electrons. The Hall–Kier alpha value is -0.790. The summed E-state index contributed by atoms with van der Waals surface area (Å²) < 4.78 is 2.49. The maximum Gasteiger partial charge on any atom is 0.111 e. The molecule has 2 heteroatoms. The number of rotatable bonds is 30. The molecule has 0 N–H and O–H groups in total. The maximum absolute atomic E-state index is 4.79. The Labute approximate surface area is 246 Å². The lowest BCUT2D eigenvalue weighted by Crippen LogP contribution is -2.11. The minimum Gasteiger partial charge on any atom is -0.332 e. The summed E-state index contributed by atoms with van der Waals surface area (Å²) in [5.41, 5.74) is 0. The van der Waals surface area contributed by atoms with Crippen molar-refractivity contribution < 1.29 is 0 Å². The number of hydrogen-bond donors (Lipinski definition) is 0. The summed E-state index contributed by atoms with van der Waals surface area (Å²) >= 11 is 0. The zero-order valence-corrected chi connectivity index (χ0v) is 27.5. The van der Waals surface area contributed by atoms with Crippen molar-refractivity contribution in [3.05, 3.63) is 18.2 Å². The van der Waals surface area contributed by atoms with E-state index < -0.39 is 0 Å². The minimum atomic E-state index is 0.585. The lowest BCUT2D eigenvalue weighted by molar-refractivity contribution is 0.435. The fraction of sp³-hybridized carbons (Fsp3) is 0.919. The first-order chi connectivity index (χ1) is 19.2. The van der Waals surface area contributed by atoms with E-state index in [1.165, 1.54) is 186 Å². The van der Waals surface area contributed by atoms with Crippen molar-refractivity contribution in [1.29, 1.82) is 0 Å². The third kappa shape index (κ3) is 20.7. The molecule has 1 aromatic rings. The van der Waals surface area contributed by atoms with Gasteiger partial charge in [0.05, 0.1) is 0 Å². The van der Waals surface area contributed by atoms with Gasteiger partial charge >= 0.3 is 0 Å². The lowest BCUT2D eigenvalue weighted by Gasteiger charge is -2.20. The smallest absolute Gasteiger partial charge is 0.111 e. The molecule has 1 heterocycles. The predicted molar refractivity (Wildman–Crippen MR) is 176 cm³/mol. The Kier molecular flexibility index (Phi) is 25.4. The van der Waals surface area contributed by atoms with Crippen LogP contribution in [0, 0.1) is 0 Å². The van der Waals surface area contributed by atoms with Gasteiger partial charge in [0.25, 0.3) is 0 Å². The van der Waals surface area contributed by atoms with Gasteiger partial charge in [-0.15, -0.1) is 0 Å². The van der Waals surface area contributed by atoms with Gasteiger partial charge in [-0.3, -0.25) is 0 Å². The van der Waals surface area contributed by atoms with Gasteiger partial charge in [0.15, 0.2) is 0 Å². The van der Waals surface area contributed by atoms with Crippen LogP contribution in [0.3, 0.4) is 0 Å². The van der Waals surface area contributed by atoms with Crippen LogP contribution in [-0.4, -0.2) is 9.55 Å². The van der Waals surface area contributed by atoms with E-state index in [1.54, 1.807) is 0 Å². The second kappa shape index (κ2) is 27.4. The maximum atomic E-state index is 4.79. The largest absolute Gasteiger partial charge is 0.332 e. The van der Waals surface area contributed by atoms with E-state index in [2.05, 4.69) is 38.5 Å². The van der Waals surface area contributed by atoms with Crippen LogP contribution < -0.4 is 0 Å². The van der Waals surface area contributed by atoms with Gasteiger partial charge in [0, 0.05) is 24.4 Å². The van der Waals surface area contributed by atoms with Gasteiger partial charge in [-0.25, -0.2) is 4.98 Å². The lowest BCUT2D eigenvalue weighted by atomic mass is 9.99. The summed E-state index contributed by atoms with van der Waals surface area (Å²) in [5, 5.41) is 0. The van der Waals surface area contributed by atoms with E-state index >= 15 is 0 Å². The van der Waals surface area contributed by atoms with Crippen molar-refractivity contribution in [2.24, 2.45) is 0 Å². The molecule has 0 spiro atoms. The van der Waals surface area contributed by atoms with Crippen molar-refractivity contribution in [1.82, 2.24) is 9.55 Å². The third-order valence-electron chi connectivity index (χ3n) is 9.08. The van der Waals surface area contributed by atoms with Gasteiger partial charge in [0.2, 0.25) is 0 Å². The van der Waals surface area contributed by atoms with E-state index in [4.69, 9.17) is 4.98 Å². The normalized spacial score (nSPS) is 13.2. The Morgan fingerprint density at radius 1 is 0.487 bits per heavy atom. The van der Waals surface area contributed by atoms with E-state index in [9.17, 15) is 0 Å². The van der Waals surface area contributed by atoms with Gasteiger partial charge in [-0.1, -0.05) is 188 Å². The fourth-order valence-electron chi connectivity index (χ4n) is 6.27. The summed E-state index contributed by atoms with van der Waals surface area (Å²) in [6, 6.07) is 0.587. The van der Waals surface area contributed by atoms with E-state index in [0.717, 1.165) is 0 Å². The molecule has 0 aliphatic heterocycles. The molecule has 0 saturated carbocycles. The molecule has 0 bridgehead atoms. The summed E-state index contributed by atoms with van der Waals surface area (Å²) in [5.74, 6) is 1.91. The zero-order chi connectivity index (χ0) is 28.2. The zero-order valence-electron chi connectivity index (χ0n) is 27.5. The molecule has 230 valence electrons. The molecule has 0 aliphatic carbocycles. The van der Waals surface area contributed by atoms with Crippen LogP contribution in [0.5, 0.6) is 0 Å². The Morgan fingerprint density at radius 2 is 0.821 bits per heavy atom. The second-order valence-corrected chi connectivity index (χ2v) is 13.0. The van der Waals surface area contributed by atoms with E-state index in [1.807, 2.05) is 6.20 Å². The number of unbranched alkanes of at least 4 members (excludes halogenated alkanes) is 24. The minimum absolute atomic E-state index is 0.585. The highest BCUT2D eigenvalue weighted by molar-refractivity contribution is 5.01. The average Bonchev–Trinajstić information content (AvgIpc) is 3.44. The second-order valence-electron chi connectivity index (χ2n) is 13.0. The summed E-state index contributed by atoms with van der Waals surface area (Å²) in [6.45, 7) is 9.41. The molecule has 39 heavy (non-hydrogen) atoms. The van der Waals surface area contributed by atoms with Crippen LogP contribution in [0.4, 0.5) is 0 Å². The number of nitrogens with zero attached hydrogens (tertiary/aromatic N) is 2. The highest BCUT2D eigenvalue weighted by atomic mass is 15.1. The van der Waals surface area contributed by atoms with Crippen molar-refractivity contribution >= 4 is 0 Å². The van der Waals surface area contributed by atoms with Crippen molar-refractivity contribution in [2.75, 3.05) is 0 Å². The van der Waals surface area contributed by atoms with Crippen molar-refractivity contribution in [2.45, 2.75) is 219 Å². The van der Waals surface area contributed by atoms with Crippen molar-refractivity contribution in [3.63, 3.8) is 0 Å². The molecule has 0 fully saturated rings. The monoisotopic (exact) mass is 545 g/mol. The van der Waals surface area contributed by atoms with Crippen molar-refractivity contribution in [3.8, 4) is 0 Å². The standard InChI is InChI=1S/C37H72N2/c1-5-7-9-11-13-15-17-19-20-21-23-25-27-29-31-35(3)37-38-33-34-39(37)36(4)32-30-28-26-24-22-18-16-14-12-10-8-6-2/h33-36H,5-32H2,1-4H3. The first-order valence-corrected chi connectivity index (χ1v) is 18.2. The van der Waals surface area contributed by atoms with Crippen LogP contribution in [0.25, 0.3) is 0 Å². The molecule has 2 atom stereocenters. The molecule has 0 saturated heterocycles. The summed E-state index contributed by atoms with van der Waals surface area (Å²) in [7, 11) is 0.